The first-order valence-corrected chi connectivity index (χ1v) is 5.80. The second-order valence-electron chi connectivity index (χ2n) is 3.31. The molecular weight excluding hydrogens is 168 g/mol. The van der Waals surface area contributed by atoms with Gasteiger partial charge in [-0.25, -0.2) is 0 Å². The monoisotopic (exact) mass is 188 g/mol. The molecule has 0 aromatic heterocycles. The van der Waals surface area contributed by atoms with Gasteiger partial charge in [-0.2, -0.15) is 11.8 Å². The summed E-state index contributed by atoms with van der Waals surface area (Å²) in [6.45, 7) is 8.37. The SMILES string of the molecule is CCC(=O)C(C)SCC(C)CC. The van der Waals surface area contributed by atoms with Crippen LogP contribution < -0.4 is 0 Å². The lowest BCUT2D eigenvalue weighted by Gasteiger charge is -2.12. The zero-order chi connectivity index (χ0) is 9.56. The van der Waals surface area contributed by atoms with E-state index in [1.165, 1.54) is 6.42 Å². The van der Waals surface area contributed by atoms with E-state index >= 15 is 0 Å². The summed E-state index contributed by atoms with van der Waals surface area (Å²) in [4.78, 5) is 11.2. The van der Waals surface area contributed by atoms with Crippen molar-refractivity contribution in [2.75, 3.05) is 5.75 Å². The van der Waals surface area contributed by atoms with E-state index < -0.39 is 0 Å². The number of ketones is 1. The van der Waals surface area contributed by atoms with E-state index in [1.807, 2.05) is 13.8 Å². The van der Waals surface area contributed by atoms with Crippen LogP contribution in [0.2, 0.25) is 0 Å². The highest BCUT2D eigenvalue weighted by Crippen LogP contribution is 2.17. The van der Waals surface area contributed by atoms with Crippen LogP contribution in [0.15, 0.2) is 0 Å². The van der Waals surface area contributed by atoms with E-state index in [4.69, 9.17) is 0 Å². The van der Waals surface area contributed by atoms with Gasteiger partial charge in [0, 0.05) is 6.42 Å². The van der Waals surface area contributed by atoms with E-state index in [2.05, 4.69) is 13.8 Å². The zero-order valence-electron chi connectivity index (χ0n) is 8.59. The molecule has 0 aliphatic heterocycles. The summed E-state index contributed by atoms with van der Waals surface area (Å²) in [7, 11) is 0. The molecule has 12 heavy (non-hydrogen) atoms. The van der Waals surface area contributed by atoms with Gasteiger partial charge in [-0.1, -0.05) is 27.2 Å². The van der Waals surface area contributed by atoms with E-state index in [9.17, 15) is 4.79 Å². The number of carbonyl (C=O) groups is 1. The Morgan fingerprint density at radius 3 is 2.33 bits per heavy atom. The summed E-state index contributed by atoms with van der Waals surface area (Å²) in [6, 6.07) is 0. The highest BCUT2D eigenvalue weighted by molar-refractivity contribution is 8.00. The Morgan fingerprint density at radius 2 is 1.92 bits per heavy atom. The molecule has 0 aromatic rings. The van der Waals surface area contributed by atoms with Crippen molar-refractivity contribution in [2.24, 2.45) is 5.92 Å². The summed E-state index contributed by atoms with van der Waals surface area (Å²) in [5, 5.41) is 0.198. The Labute approximate surface area is 80.3 Å². The Hall–Kier alpha value is 0.0200. The van der Waals surface area contributed by atoms with Gasteiger partial charge in [0.2, 0.25) is 0 Å². The highest BCUT2D eigenvalue weighted by Gasteiger charge is 2.11. The normalized spacial score (nSPS) is 15.7. The van der Waals surface area contributed by atoms with Gasteiger partial charge in [-0.05, 0) is 18.6 Å². The molecule has 0 bridgehead atoms. The second-order valence-corrected chi connectivity index (χ2v) is 4.68. The minimum Gasteiger partial charge on any atom is -0.298 e. The van der Waals surface area contributed by atoms with Crippen molar-refractivity contribution in [2.45, 2.75) is 45.8 Å². The maximum atomic E-state index is 11.2. The molecule has 0 aliphatic carbocycles. The molecule has 0 amide bonds. The maximum Gasteiger partial charge on any atom is 0.145 e. The summed E-state index contributed by atoms with van der Waals surface area (Å²) < 4.78 is 0. The molecule has 1 nitrogen and oxygen atoms in total. The number of Topliss-reactive ketones (excluding diaryl/α,β-unsaturated/α-hetero) is 1. The molecule has 0 N–H and O–H groups in total. The van der Waals surface area contributed by atoms with Crippen LogP contribution in [0.4, 0.5) is 0 Å². The van der Waals surface area contributed by atoms with E-state index in [0.29, 0.717) is 12.2 Å². The van der Waals surface area contributed by atoms with Crippen LogP contribution >= 0.6 is 11.8 Å². The van der Waals surface area contributed by atoms with Crippen LogP contribution in [0.3, 0.4) is 0 Å². The molecule has 0 aromatic carbocycles. The van der Waals surface area contributed by atoms with Crippen molar-refractivity contribution in [1.82, 2.24) is 0 Å². The van der Waals surface area contributed by atoms with E-state index in [-0.39, 0.29) is 5.25 Å². The summed E-state index contributed by atoms with van der Waals surface area (Å²) in [5.74, 6) is 2.23. The van der Waals surface area contributed by atoms with Gasteiger partial charge in [-0.15, -0.1) is 0 Å². The lowest BCUT2D eigenvalue weighted by molar-refractivity contribution is -0.117. The molecule has 0 heterocycles. The van der Waals surface area contributed by atoms with E-state index in [0.717, 1.165) is 11.7 Å². The van der Waals surface area contributed by atoms with Crippen LogP contribution in [0, 0.1) is 5.92 Å². The third-order valence-electron chi connectivity index (χ3n) is 2.13. The van der Waals surface area contributed by atoms with E-state index in [1.54, 1.807) is 11.8 Å². The van der Waals surface area contributed by atoms with Crippen molar-refractivity contribution in [3.8, 4) is 0 Å². The fraction of sp³-hybridized carbons (Fsp3) is 0.900. The van der Waals surface area contributed by atoms with Crippen molar-refractivity contribution in [3.63, 3.8) is 0 Å². The third kappa shape index (κ3) is 4.81. The predicted octanol–water partition coefficient (Wildman–Crippen LogP) is 3.13. The Balaban J connectivity index is 3.56. The predicted molar refractivity (Wildman–Crippen MR) is 56.7 cm³/mol. The molecule has 0 fully saturated rings. The molecule has 0 rings (SSSR count). The third-order valence-corrected chi connectivity index (χ3v) is 3.65. The highest BCUT2D eigenvalue weighted by atomic mass is 32.2. The second kappa shape index (κ2) is 6.53. The molecule has 0 spiro atoms. The fourth-order valence-electron chi connectivity index (χ4n) is 0.807. The average molecular weight is 188 g/mol. The van der Waals surface area contributed by atoms with Gasteiger partial charge in [-0.3, -0.25) is 4.79 Å². The number of hydrogen-bond acceptors (Lipinski definition) is 2. The van der Waals surface area contributed by atoms with Crippen LogP contribution in [-0.2, 0) is 4.79 Å². The smallest absolute Gasteiger partial charge is 0.145 e. The van der Waals surface area contributed by atoms with Crippen LogP contribution in [0.5, 0.6) is 0 Å². The first-order valence-electron chi connectivity index (χ1n) is 4.76. The van der Waals surface area contributed by atoms with Crippen LogP contribution in [-0.4, -0.2) is 16.8 Å². The standard InChI is InChI=1S/C10H20OS/c1-5-8(3)7-12-9(4)10(11)6-2/h8-9H,5-7H2,1-4H3. The molecule has 72 valence electrons. The van der Waals surface area contributed by atoms with Crippen molar-refractivity contribution in [3.05, 3.63) is 0 Å². The van der Waals surface area contributed by atoms with Crippen LogP contribution in [0.1, 0.15) is 40.5 Å². The number of rotatable bonds is 6. The lowest BCUT2D eigenvalue weighted by Crippen LogP contribution is -2.13. The molecule has 2 atom stereocenters. The maximum absolute atomic E-state index is 11.2. The van der Waals surface area contributed by atoms with Crippen molar-refractivity contribution < 1.29 is 4.79 Å². The minimum absolute atomic E-state index is 0.198. The quantitative estimate of drug-likeness (QED) is 0.637. The Morgan fingerprint density at radius 1 is 1.33 bits per heavy atom. The number of hydrogen-bond donors (Lipinski definition) is 0. The molecule has 0 aliphatic rings. The topological polar surface area (TPSA) is 17.1 Å². The van der Waals surface area contributed by atoms with Gasteiger partial charge in [0.15, 0.2) is 0 Å². The van der Waals surface area contributed by atoms with Crippen molar-refractivity contribution >= 4 is 17.5 Å². The van der Waals surface area contributed by atoms with Gasteiger partial charge < -0.3 is 0 Å². The molecule has 2 unspecified atom stereocenters. The zero-order valence-corrected chi connectivity index (χ0v) is 9.41. The first-order chi connectivity index (χ1) is 5.61. The van der Waals surface area contributed by atoms with Gasteiger partial charge in [0.25, 0.3) is 0 Å². The summed E-state index contributed by atoms with van der Waals surface area (Å²) in [5.41, 5.74) is 0. The Bertz CT molecular complexity index is 134. The first kappa shape index (κ1) is 12.0. The number of thioether (sulfide) groups is 1. The van der Waals surface area contributed by atoms with Gasteiger partial charge >= 0.3 is 0 Å². The minimum atomic E-state index is 0.198. The Kier molecular flexibility index (Phi) is 6.54. The summed E-state index contributed by atoms with van der Waals surface area (Å²) in [6.07, 6.45) is 1.88. The number of carbonyl (C=O) groups excluding carboxylic acids is 1. The summed E-state index contributed by atoms with van der Waals surface area (Å²) >= 11 is 1.79. The van der Waals surface area contributed by atoms with Crippen LogP contribution in [0.25, 0.3) is 0 Å². The molecule has 0 radical (unpaired) electrons. The molecule has 2 heteroatoms. The van der Waals surface area contributed by atoms with Gasteiger partial charge in [0.1, 0.15) is 5.78 Å². The van der Waals surface area contributed by atoms with Crippen molar-refractivity contribution in [1.29, 1.82) is 0 Å². The van der Waals surface area contributed by atoms with Gasteiger partial charge in [0.05, 0.1) is 5.25 Å². The average Bonchev–Trinajstić information content (AvgIpc) is 2.11. The lowest BCUT2D eigenvalue weighted by atomic mass is 10.2. The molecule has 0 saturated heterocycles. The molecule has 0 saturated carbocycles. The fourth-order valence-corrected chi connectivity index (χ4v) is 2.01. The largest absolute Gasteiger partial charge is 0.298 e. The molecular formula is C10H20OS.